The van der Waals surface area contributed by atoms with Crippen molar-refractivity contribution in [2.24, 2.45) is 5.73 Å². The number of amides is 1. The van der Waals surface area contributed by atoms with Crippen LogP contribution in [-0.4, -0.2) is 40.2 Å². The second-order valence-corrected chi connectivity index (χ2v) is 4.81. The minimum Gasteiger partial charge on any atom is -0.389 e. The second kappa shape index (κ2) is 6.98. The van der Waals surface area contributed by atoms with Crippen LogP contribution in [0, 0.1) is 0 Å². The highest BCUT2D eigenvalue weighted by Gasteiger charge is 2.16. The molecule has 0 saturated heterocycles. The van der Waals surface area contributed by atoms with Gasteiger partial charge in [0.2, 0.25) is 5.91 Å². The molecule has 0 atom stereocenters. The molecule has 0 unspecified atom stereocenters. The van der Waals surface area contributed by atoms with Crippen molar-refractivity contribution in [2.75, 3.05) is 18.0 Å². The van der Waals surface area contributed by atoms with Crippen molar-refractivity contribution in [1.29, 1.82) is 0 Å². The summed E-state index contributed by atoms with van der Waals surface area (Å²) in [6, 6.07) is 1.80. The summed E-state index contributed by atoms with van der Waals surface area (Å²) < 4.78 is 0. The number of carbonyl (C=O) groups is 1. The van der Waals surface area contributed by atoms with E-state index < -0.39 is 0 Å². The van der Waals surface area contributed by atoms with E-state index >= 15 is 0 Å². The number of likely N-dealkylation sites (N-methyl/N-ethyl adjacent to an activating group) is 1. The quantitative estimate of drug-likeness (QED) is 0.737. The van der Waals surface area contributed by atoms with E-state index in [-0.39, 0.29) is 23.5 Å². The first-order valence-corrected chi connectivity index (χ1v) is 6.52. The number of nitrogens with zero attached hydrogens (tertiary/aromatic N) is 3. The summed E-state index contributed by atoms with van der Waals surface area (Å²) >= 11 is 4.98. The number of rotatable bonds is 6. The molecule has 0 spiro atoms. The van der Waals surface area contributed by atoms with E-state index in [9.17, 15) is 4.79 Å². The van der Waals surface area contributed by atoms with E-state index in [1.54, 1.807) is 11.0 Å². The standard InChI is InChI=1S/C12H19N5OS/c1-4-17(7-10(18)15-8(2)3)12-9(11(13)19)5-6-14-16-12/h5-6,8H,4,7H2,1-3H3,(H2,13,19)(H,15,18). The van der Waals surface area contributed by atoms with Gasteiger partial charge in [-0.1, -0.05) is 12.2 Å². The van der Waals surface area contributed by atoms with Gasteiger partial charge in [0, 0.05) is 12.6 Å². The molecule has 3 N–H and O–H groups in total. The average molecular weight is 281 g/mol. The van der Waals surface area contributed by atoms with Crippen LogP contribution in [0.2, 0.25) is 0 Å². The van der Waals surface area contributed by atoms with Crippen LogP contribution in [-0.2, 0) is 4.79 Å². The number of hydrogen-bond acceptors (Lipinski definition) is 5. The van der Waals surface area contributed by atoms with Crippen LogP contribution in [0.4, 0.5) is 5.82 Å². The predicted molar refractivity (Wildman–Crippen MR) is 79.1 cm³/mol. The number of nitrogens with one attached hydrogen (secondary N) is 1. The molecule has 104 valence electrons. The lowest BCUT2D eigenvalue weighted by atomic mass is 10.2. The Bertz CT molecular complexity index is 463. The zero-order chi connectivity index (χ0) is 14.4. The third-order valence-electron chi connectivity index (χ3n) is 2.43. The molecule has 0 aliphatic heterocycles. The molecule has 1 amide bonds. The monoisotopic (exact) mass is 281 g/mol. The van der Waals surface area contributed by atoms with Crippen molar-refractivity contribution < 1.29 is 4.79 Å². The molecule has 0 saturated carbocycles. The number of hydrogen-bond donors (Lipinski definition) is 2. The Labute approximate surface area is 118 Å². The van der Waals surface area contributed by atoms with E-state index in [2.05, 4.69) is 15.5 Å². The summed E-state index contributed by atoms with van der Waals surface area (Å²) in [7, 11) is 0. The van der Waals surface area contributed by atoms with E-state index in [1.807, 2.05) is 20.8 Å². The number of anilines is 1. The van der Waals surface area contributed by atoms with E-state index in [0.717, 1.165) is 0 Å². The molecular weight excluding hydrogens is 262 g/mol. The van der Waals surface area contributed by atoms with Gasteiger partial charge in [0.15, 0.2) is 5.82 Å². The third kappa shape index (κ3) is 4.44. The van der Waals surface area contributed by atoms with Crippen LogP contribution in [0.15, 0.2) is 12.3 Å². The van der Waals surface area contributed by atoms with Crippen molar-refractivity contribution in [3.63, 3.8) is 0 Å². The van der Waals surface area contributed by atoms with Crippen molar-refractivity contribution in [3.8, 4) is 0 Å². The average Bonchev–Trinajstić information content (AvgIpc) is 2.35. The first-order chi connectivity index (χ1) is 8.95. The Morgan fingerprint density at radius 2 is 2.26 bits per heavy atom. The zero-order valence-corrected chi connectivity index (χ0v) is 12.2. The molecule has 0 bridgehead atoms. The fourth-order valence-corrected chi connectivity index (χ4v) is 1.79. The molecule has 0 fully saturated rings. The van der Waals surface area contributed by atoms with E-state index in [1.165, 1.54) is 6.20 Å². The summed E-state index contributed by atoms with van der Waals surface area (Å²) in [4.78, 5) is 13.8. The lowest BCUT2D eigenvalue weighted by Crippen LogP contribution is -2.41. The first-order valence-electron chi connectivity index (χ1n) is 6.11. The number of thiocarbonyl (C=S) groups is 1. The molecule has 0 aliphatic carbocycles. The summed E-state index contributed by atoms with van der Waals surface area (Å²) in [5, 5.41) is 10.7. The number of carbonyl (C=O) groups excluding carboxylic acids is 1. The van der Waals surface area contributed by atoms with Gasteiger partial charge >= 0.3 is 0 Å². The molecule has 1 aromatic heterocycles. The topological polar surface area (TPSA) is 84.1 Å². The van der Waals surface area contributed by atoms with Crippen LogP contribution < -0.4 is 16.0 Å². The van der Waals surface area contributed by atoms with Crippen molar-refractivity contribution in [3.05, 3.63) is 17.8 Å². The summed E-state index contributed by atoms with van der Waals surface area (Å²) in [6.45, 7) is 6.57. The van der Waals surface area contributed by atoms with Crippen LogP contribution in [0.1, 0.15) is 26.3 Å². The summed E-state index contributed by atoms with van der Waals surface area (Å²) in [6.07, 6.45) is 1.53. The predicted octanol–water partition coefficient (Wildman–Crippen LogP) is 0.462. The molecule has 1 heterocycles. The maximum atomic E-state index is 11.8. The molecular formula is C12H19N5OS. The van der Waals surface area contributed by atoms with E-state index in [0.29, 0.717) is 17.9 Å². The minimum absolute atomic E-state index is 0.0728. The van der Waals surface area contributed by atoms with Crippen molar-refractivity contribution >= 4 is 28.9 Å². The van der Waals surface area contributed by atoms with Gasteiger partial charge in [0.1, 0.15) is 4.99 Å². The Kier molecular flexibility index (Phi) is 5.62. The highest BCUT2D eigenvalue weighted by molar-refractivity contribution is 7.80. The second-order valence-electron chi connectivity index (χ2n) is 4.37. The SMILES string of the molecule is CCN(CC(=O)NC(C)C)c1nnccc1C(N)=S. The van der Waals surface area contributed by atoms with Gasteiger partial charge in [-0.25, -0.2) is 0 Å². The normalized spacial score (nSPS) is 10.3. The Morgan fingerprint density at radius 3 is 2.79 bits per heavy atom. The van der Waals surface area contributed by atoms with Crippen LogP contribution >= 0.6 is 12.2 Å². The summed E-state index contributed by atoms with van der Waals surface area (Å²) in [5.41, 5.74) is 6.28. The maximum Gasteiger partial charge on any atom is 0.239 e. The minimum atomic E-state index is -0.0728. The zero-order valence-electron chi connectivity index (χ0n) is 11.4. The van der Waals surface area contributed by atoms with Crippen molar-refractivity contribution in [2.45, 2.75) is 26.8 Å². The van der Waals surface area contributed by atoms with Gasteiger partial charge in [-0.15, -0.1) is 5.10 Å². The van der Waals surface area contributed by atoms with Gasteiger partial charge in [0.25, 0.3) is 0 Å². The number of aromatic nitrogens is 2. The van der Waals surface area contributed by atoms with Gasteiger partial charge < -0.3 is 16.0 Å². The molecule has 6 nitrogen and oxygen atoms in total. The largest absolute Gasteiger partial charge is 0.389 e. The fraction of sp³-hybridized carbons (Fsp3) is 0.500. The maximum absolute atomic E-state index is 11.8. The molecule has 7 heteroatoms. The highest BCUT2D eigenvalue weighted by atomic mass is 32.1. The lowest BCUT2D eigenvalue weighted by molar-refractivity contribution is -0.120. The Morgan fingerprint density at radius 1 is 1.58 bits per heavy atom. The molecule has 0 aromatic carbocycles. The summed E-state index contributed by atoms with van der Waals surface area (Å²) in [5.74, 6) is 0.466. The molecule has 0 radical (unpaired) electrons. The number of nitrogens with two attached hydrogens (primary N) is 1. The Balaban J connectivity index is 2.91. The highest BCUT2D eigenvalue weighted by Crippen LogP contribution is 2.15. The molecule has 1 rings (SSSR count). The van der Waals surface area contributed by atoms with E-state index in [4.69, 9.17) is 18.0 Å². The Hall–Kier alpha value is -1.76. The van der Waals surface area contributed by atoms with Crippen molar-refractivity contribution in [1.82, 2.24) is 15.5 Å². The lowest BCUT2D eigenvalue weighted by Gasteiger charge is -2.23. The fourth-order valence-electron chi connectivity index (χ4n) is 1.63. The van der Waals surface area contributed by atoms with Gasteiger partial charge in [-0.05, 0) is 26.8 Å². The van der Waals surface area contributed by atoms with Crippen LogP contribution in [0.5, 0.6) is 0 Å². The van der Waals surface area contributed by atoms with Gasteiger partial charge in [-0.2, -0.15) is 5.10 Å². The van der Waals surface area contributed by atoms with Gasteiger partial charge in [0.05, 0.1) is 18.3 Å². The smallest absolute Gasteiger partial charge is 0.239 e. The molecule has 0 aliphatic rings. The van der Waals surface area contributed by atoms with Crippen LogP contribution in [0.3, 0.4) is 0 Å². The first kappa shape index (κ1) is 15.3. The van der Waals surface area contributed by atoms with Gasteiger partial charge in [-0.3, -0.25) is 4.79 Å². The third-order valence-corrected chi connectivity index (χ3v) is 2.65. The molecule has 19 heavy (non-hydrogen) atoms. The molecule has 1 aromatic rings. The van der Waals surface area contributed by atoms with Crippen LogP contribution in [0.25, 0.3) is 0 Å².